The maximum atomic E-state index is 4.31. The van der Waals surface area contributed by atoms with E-state index in [2.05, 4.69) is 27.6 Å². The second-order valence-corrected chi connectivity index (χ2v) is 4.91. The van der Waals surface area contributed by atoms with Crippen molar-refractivity contribution in [2.75, 3.05) is 11.6 Å². The predicted octanol–water partition coefficient (Wildman–Crippen LogP) is 3.43. The van der Waals surface area contributed by atoms with Crippen LogP contribution in [0, 0.1) is 0 Å². The third kappa shape index (κ3) is 2.74. The molecule has 1 N–H and O–H groups in total. The quantitative estimate of drug-likeness (QED) is 0.845. The Hall–Kier alpha value is -1.07. The Balaban J connectivity index is 2.03. The van der Waals surface area contributed by atoms with Crippen molar-refractivity contribution < 1.29 is 0 Å². The van der Waals surface area contributed by atoms with Crippen molar-refractivity contribution in [2.24, 2.45) is 0 Å². The highest BCUT2D eigenvalue weighted by Crippen LogP contribution is 2.20. The Morgan fingerprint density at radius 3 is 2.81 bits per heavy atom. The highest BCUT2D eigenvalue weighted by molar-refractivity contribution is 7.98. The molecule has 0 amide bonds. The molecule has 0 saturated heterocycles. The van der Waals surface area contributed by atoms with Crippen LogP contribution in [-0.4, -0.2) is 16.2 Å². The standard InChI is InChI=1S/C11H13N3S2/c1-8(10-6-16-7-13-10)14-9-3-4-11(15-2)12-5-9/h3-8,14H,1-2H3. The number of rotatable bonds is 4. The molecule has 0 aliphatic carbocycles. The lowest BCUT2D eigenvalue weighted by atomic mass is 10.2. The Morgan fingerprint density at radius 2 is 2.25 bits per heavy atom. The van der Waals surface area contributed by atoms with E-state index in [1.165, 1.54) is 0 Å². The fourth-order valence-corrected chi connectivity index (χ4v) is 2.36. The average Bonchev–Trinajstić information content (AvgIpc) is 2.83. The van der Waals surface area contributed by atoms with Gasteiger partial charge in [0.25, 0.3) is 0 Å². The number of aromatic nitrogens is 2. The molecular weight excluding hydrogens is 238 g/mol. The number of thiazole rings is 1. The van der Waals surface area contributed by atoms with Crippen LogP contribution in [0.15, 0.2) is 34.2 Å². The van der Waals surface area contributed by atoms with Crippen molar-refractivity contribution in [3.05, 3.63) is 34.9 Å². The SMILES string of the molecule is CSc1ccc(NC(C)c2cscn2)cn1. The zero-order chi connectivity index (χ0) is 11.4. The fourth-order valence-electron chi connectivity index (χ4n) is 1.35. The molecule has 0 aliphatic rings. The molecular formula is C11H13N3S2. The van der Waals surface area contributed by atoms with Crippen LogP contribution in [0.4, 0.5) is 5.69 Å². The molecule has 16 heavy (non-hydrogen) atoms. The molecule has 0 saturated carbocycles. The van der Waals surface area contributed by atoms with Crippen molar-refractivity contribution in [1.29, 1.82) is 0 Å². The van der Waals surface area contributed by atoms with E-state index in [1.54, 1.807) is 23.1 Å². The number of nitrogens with one attached hydrogen (secondary N) is 1. The van der Waals surface area contributed by atoms with E-state index in [1.807, 2.05) is 30.1 Å². The maximum Gasteiger partial charge on any atom is 0.0958 e. The van der Waals surface area contributed by atoms with Crippen LogP contribution in [0.25, 0.3) is 0 Å². The van der Waals surface area contributed by atoms with Gasteiger partial charge in [0.1, 0.15) is 0 Å². The summed E-state index contributed by atoms with van der Waals surface area (Å²) in [5, 5.41) is 6.46. The van der Waals surface area contributed by atoms with E-state index >= 15 is 0 Å². The minimum absolute atomic E-state index is 0.216. The van der Waals surface area contributed by atoms with E-state index in [0.29, 0.717) is 0 Å². The van der Waals surface area contributed by atoms with Crippen LogP contribution in [0.2, 0.25) is 0 Å². The summed E-state index contributed by atoms with van der Waals surface area (Å²) in [6.07, 6.45) is 3.88. The minimum Gasteiger partial charge on any atom is -0.376 e. The van der Waals surface area contributed by atoms with E-state index in [9.17, 15) is 0 Å². The molecule has 0 aromatic carbocycles. The van der Waals surface area contributed by atoms with Crippen LogP contribution in [0.1, 0.15) is 18.7 Å². The molecule has 3 nitrogen and oxygen atoms in total. The predicted molar refractivity (Wildman–Crippen MR) is 70.2 cm³/mol. The van der Waals surface area contributed by atoms with E-state index in [4.69, 9.17) is 0 Å². The molecule has 5 heteroatoms. The third-order valence-corrected chi connectivity index (χ3v) is 3.49. The lowest BCUT2D eigenvalue weighted by molar-refractivity contribution is 0.847. The smallest absolute Gasteiger partial charge is 0.0958 e. The molecule has 2 rings (SSSR count). The minimum atomic E-state index is 0.216. The molecule has 0 bridgehead atoms. The van der Waals surface area contributed by atoms with Crippen LogP contribution >= 0.6 is 23.1 Å². The topological polar surface area (TPSA) is 37.8 Å². The second kappa shape index (κ2) is 5.32. The van der Waals surface area contributed by atoms with Gasteiger partial charge in [-0.1, -0.05) is 0 Å². The van der Waals surface area contributed by atoms with Gasteiger partial charge in [0, 0.05) is 5.38 Å². The highest BCUT2D eigenvalue weighted by atomic mass is 32.2. The number of thioether (sulfide) groups is 1. The van der Waals surface area contributed by atoms with Crippen LogP contribution in [0.3, 0.4) is 0 Å². The number of nitrogens with zero attached hydrogens (tertiary/aromatic N) is 2. The first-order valence-corrected chi connectivity index (χ1v) is 7.11. The molecule has 2 aromatic heterocycles. The van der Waals surface area contributed by atoms with Crippen LogP contribution in [0.5, 0.6) is 0 Å². The van der Waals surface area contributed by atoms with Crippen molar-refractivity contribution >= 4 is 28.8 Å². The van der Waals surface area contributed by atoms with Crippen molar-refractivity contribution in [1.82, 2.24) is 9.97 Å². The molecule has 1 atom stereocenters. The zero-order valence-electron chi connectivity index (χ0n) is 9.18. The van der Waals surface area contributed by atoms with Gasteiger partial charge < -0.3 is 5.32 Å². The Morgan fingerprint density at radius 1 is 1.38 bits per heavy atom. The molecule has 2 aromatic rings. The summed E-state index contributed by atoms with van der Waals surface area (Å²) in [7, 11) is 0. The van der Waals surface area contributed by atoms with Crippen LogP contribution in [-0.2, 0) is 0 Å². The molecule has 1 unspecified atom stereocenters. The van der Waals surface area contributed by atoms with Crippen molar-refractivity contribution in [3.8, 4) is 0 Å². The van der Waals surface area contributed by atoms with E-state index < -0.39 is 0 Å². The fraction of sp³-hybridized carbons (Fsp3) is 0.273. The first-order valence-electron chi connectivity index (χ1n) is 4.94. The Labute approximate surface area is 103 Å². The van der Waals surface area contributed by atoms with Crippen molar-refractivity contribution in [3.63, 3.8) is 0 Å². The molecule has 84 valence electrons. The van der Waals surface area contributed by atoms with Gasteiger partial charge in [-0.15, -0.1) is 23.1 Å². The van der Waals surface area contributed by atoms with Crippen LogP contribution < -0.4 is 5.32 Å². The molecule has 0 radical (unpaired) electrons. The van der Waals surface area contributed by atoms with Gasteiger partial charge in [-0.3, -0.25) is 0 Å². The van der Waals surface area contributed by atoms with Gasteiger partial charge >= 0.3 is 0 Å². The van der Waals surface area contributed by atoms with Gasteiger partial charge in [-0.2, -0.15) is 0 Å². The average molecular weight is 251 g/mol. The Kier molecular flexibility index (Phi) is 3.79. The summed E-state index contributed by atoms with van der Waals surface area (Å²) >= 11 is 3.26. The zero-order valence-corrected chi connectivity index (χ0v) is 10.8. The van der Waals surface area contributed by atoms with E-state index in [0.717, 1.165) is 16.4 Å². The number of hydrogen-bond donors (Lipinski definition) is 1. The number of anilines is 1. The van der Waals surface area contributed by atoms with Gasteiger partial charge in [-0.05, 0) is 25.3 Å². The molecule has 0 spiro atoms. The van der Waals surface area contributed by atoms with Gasteiger partial charge in [-0.25, -0.2) is 9.97 Å². The number of hydrogen-bond acceptors (Lipinski definition) is 5. The van der Waals surface area contributed by atoms with Gasteiger partial charge in [0.15, 0.2) is 0 Å². The highest BCUT2D eigenvalue weighted by Gasteiger charge is 2.06. The second-order valence-electron chi connectivity index (χ2n) is 3.37. The van der Waals surface area contributed by atoms with E-state index in [-0.39, 0.29) is 6.04 Å². The first-order chi connectivity index (χ1) is 7.79. The van der Waals surface area contributed by atoms with Crippen molar-refractivity contribution in [2.45, 2.75) is 18.0 Å². The largest absolute Gasteiger partial charge is 0.376 e. The summed E-state index contributed by atoms with van der Waals surface area (Å²) in [5.41, 5.74) is 3.94. The summed E-state index contributed by atoms with van der Waals surface area (Å²) < 4.78 is 0. The maximum absolute atomic E-state index is 4.31. The molecule has 0 fully saturated rings. The van der Waals surface area contributed by atoms with Gasteiger partial charge in [0.2, 0.25) is 0 Å². The Bertz CT molecular complexity index is 425. The summed E-state index contributed by atoms with van der Waals surface area (Å²) in [4.78, 5) is 8.59. The summed E-state index contributed by atoms with van der Waals surface area (Å²) in [6, 6.07) is 4.27. The lowest BCUT2D eigenvalue weighted by Gasteiger charge is -2.12. The summed E-state index contributed by atoms with van der Waals surface area (Å²) in [5.74, 6) is 0. The van der Waals surface area contributed by atoms with Gasteiger partial charge in [0.05, 0.1) is 34.2 Å². The first kappa shape index (κ1) is 11.4. The monoisotopic (exact) mass is 251 g/mol. The normalized spacial score (nSPS) is 12.4. The number of pyridine rings is 1. The lowest BCUT2D eigenvalue weighted by Crippen LogP contribution is -2.06. The molecule has 0 aliphatic heterocycles. The summed E-state index contributed by atoms with van der Waals surface area (Å²) in [6.45, 7) is 2.09. The molecule has 2 heterocycles. The third-order valence-electron chi connectivity index (χ3n) is 2.22.